The monoisotopic (exact) mass is 389 g/mol. The summed E-state index contributed by atoms with van der Waals surface area (Å²) in [5, 5.41) is 13.7. The summed E-state index contributed by atoms with van der Waals surface area (Å²) in [5.74, 6) is 0.483. The number of hydrogen-bond donors (Lipinski definition) is 3. The van der Waals surface area contributed by atoms with Crippen LogP contribution in [0.3, 0.4) is 0 Å². The summed E-state index contributed by atoms with van der Waals surface area (Å²) in [6.45, 7) is 5.67. The maximum Gasteiger partial charge on any atom is 0.272 e. The lowest BCUT2D eigenvalue weighted by Gasteiger charge is -2.16. The highest BCUT2D eigenvalue weighted by atomic mass is 35.5. The fourth-order valence-electron chi connectivity index (χ4n) is 3.95. The van der Waals surface area contributed by atoms with E-state index in [0.29, 0.717) is 11.6 Å². The van der Waals surface area contributed by atoms with Gasteiger partial charge in [0.1, 0.15) is 0 Å². The molecule has 0 spiro atoms. The number of nitrogens with one attached hydrogen (secondary N) is 3. The lowest BCUT2D eigenvalue weighted by Crippen LogP contribution is -2.33. The second-order valence-electron chi connectivity index (χ2n) is 7.36. The van der Waals surface area contributed by atoms with Crippen LogP contribution >= 0.6 is 12.4 Å². The minimum Gasteiger partial charge on any atom is -0.350 e. The summed E-state index contributed by atoms with van der Waals surface area (Å²) in [5.41, 5.74) is 4.08. The number of benzene rings is 1. The van der Waals surface area contributed by atoms with Crippen LogP contribution in [0, 0.1) is 5.92 Å². The van der Waals surface area contributed by atoms with Crippen molar-refractivity contribution in [2.45, 2.75) is 25.8 Å². The Kier molecular flexibility index (Phi) is 6.88. The Labute approximate surface area is 166 Å². The molecule has 2 aliphatic heterocycles. The minimum absolute atomic E-state index is 0. The number of nitrogens with zero attached hydrogens (tertiary/aromatic N) is 2. The Balaban J connectivity index is 0.00000210. The quantitative estimate of drug-likeness (QED) is 0.704. The number of H-pyrrole nitrogens is 1. The highest BCUT2D eigenvalue weighted by Gasteiger charge is 2.25. The van der Waals surface area contributed by atoms with Crippen molar-refractivity contribution in [3.63, 3.8) is 0 Å². The van der Waals surface area contributed by atoms with Crippen LogP contribution in [0.15, 0.2) is 30.3 Å². The molecule has 0 bridgehead atoms. The molecule has 1 aromatic carbocycles. The minimum atomic E-state index is -0.0473. The van der Waals surface area contributed by atoms with Gasteiger partial charge in [-0.15, -0.1) is 12.4 Å². The topological polar surface area (TPSA) is 73.0 Å². The second kappa shape index (κ2) is 9.35. The maximum absolute atomic E-state index is 12.5. The molecule has 1 amide bonds. The summed E-state index contributed by atoms with van der Waals surface area (Å²) in [4.78, 5) is 15.0. The smallest absolute Gasteiger partial charge is 0.272 e. The van der Waals surface area contributed by atoms with Gasteiger partial charge in [-0.1, -0.05) is 30.3 Å². The van der Waals surface area contributed by atoms with Gasteiger partial charge in [0.15, 0.2) is 5.69 Å². The zero-order valence-electron chi connectivity index (χ0n) is 15.5. The van der Waals surface area contributed by atoms with Crippen LogP contribution in [0.25, 0.3) is 0 Å². The summed E-state index contributed by atoms with van der Waals surface area (Å²) in [6.07, 6.45) is 3.15. The molecule has 6 nitrogen and oxygen atoms in total. The normalized spacial score (nSPS) is 19.3. The van der Waals surface area contributed by atoms with Gasteiger partial charge in [-0.25, -0.2) is 0 Å². The third-order valence-electron chi connectivity index (χ3n) is 5.50. The average molecular weight is 390 g/mol. The van der Waals surface area contributed by atoms with Crippen molar-refractivity contribution >= 4 is 18.3 Å². The molecule has 1 saturated heterocycles. The zero-order chi connectivity index (χ0) is 17.8. The molecular weight excluding hydrogens is 362 g/mol. The fraction of sp³-hybridized carbons (Fsp3) is 0.500. The Hall–Kier alpha value is -1.89. The van der Waals surface area contributed by atoms with Gasteiger partial charge in [0.2, 0.25) is 0 Å². The lowest BCUT2D eigenvalue weighted by atomic mass is 10.1. The molecule has 146 valence electrons. The van der Waals surface area contributed by atoms with E-state index >= 15 is 0 Å². The molecule has 7 heteroatoms. The van der Waals surface area contributed by atoms with E-state index in [9.17, 15) is 4.79 Å². The number of carbonyl (C=O) groups excluding carboxylic acids is 1. The van der Waals surface area contributed by atoms with Crippen LogP contribution in [0.5, 0.6) is 0 Å². The van der Waals surface area contributed by atoms with Crippen LogP contribution in [0.4, 0.5) is 0 Å². The summed E-state index contributed by atoms with van der Waals surface area (Å²) >= 11 is 0. The molecule has 3 heterocycles. The standard InChI is InChI=1S/C20H27N5O.ClH/c26-20(19-17-13-21-9-6-18(17)23-24-19)22-12-16-8-11-25(14-16)10-7-15-4-2-1-3-5-15;/h1-5,16,21H,6-14H2,(H,22,26)(H,23,24);1H. The first-order valence-electron chi connectivity index (χ1n) is 9.61. The number of hydrogen-bond acceptors (Lipinski definition) is 4. The molecule has 4 rings (SSSR count). The third kappa shape index (κ3) is 4.89. The molecule has 2 aliphatic rings. The number of rotatable bonds is 6. The number of halogens is 1. The summed E-state index contributed by atoms with van der Waals surface area (Å²) < 4.78 is 0. The molecule has 0 aliphatic carbocycles. The van der Waals surface area contributed by atoms with E-state index in [0.717, 1.165) is 69.8 Å². The first kappa shape index (κ1) is 19.9. The largest absolute Gasteiger partial charge is 0.350 e. The van der Waals surface area contributed by atoms with E-state index in [1.807, 2.05) is 0 Å². The predicted molar refractivity (Wildman–Crippen MR) is 108 cm³/mol. The van der Waals surface area contributed by atoms with Crippen LogP contribution < -0.4 is 10.6 Å². The molecule has 0 saturated carbocycles. The van der Waals surface area contributed by atoms with Gasteiger partial charge in [-0.3, -0.25) is 9.89 Å². The average Bonchev–Trinajstić information content (AvgIpc) is 3.32. The number of carbonyl (C=O) groups is 1. The molecule has 1 aromatic heterocycles. The van der Waals surface area contributed by atoms with E-state index in [-0.39, 0.29) is 18.3 Å². The van der Waals surface area contributed by atoms with Gasteiger partial charge < -0.3 is 15.5 Å². The lowest BCUT2D eigenvalue weighted by molar-refractivity contribution is 0.0941. The molecule has 1 fully saturated rings. The van der Waals surface area contributed by atoms with Crippen molar-refractivity contribution < 1.29 is 4.79 Å². The second-order valence-corrected chi connectivity index (χ2v) is 7.36. The van der Waals surface area contributed by atoms with Crippen LogP contribution in [0.1, 0.15) is 33.7 Å². The first-order chi connectivity index (χ1) is 12.8. The number of likely N-dealkylation sites (tertiary alicyclic amines) is 1. The van der Waals surface area contributed by atoms with Crippen LogP contribution in [-0.2, 0) is 19.4 Å². The van der Waals surface area contributed by atoms with Crippen molar-refractivity contribution in [1.82, 2.24) is 25.7 Å². The van der Waals surface area contributed by atoms with Crippen molar-refractivity contribution in [3.8, 4) is 0 Å². The van der Waals surface area contributed by atoms with E-state index in [1.54, 1.807) is 0 Å². The third-order valence-corrected chi connectivity index (χ3v) is 5.50. The Morgan fingerprint density at radius 3 is 3.00 bits per heavy atom. The Bertz CT molecular complexity index is 748. The van der Waals surface area contributed by atoms with Crippen LogP contribution in [0.2, 0.25) is 0 Å². The van der Waals surface area contributed by atoms with Crippen molar-refractivity contribution in [2.75, 3.05) is 32.7 Å². The van der Waals surface area contributed by atoms with E-state index < -0.39 is 0 Å². The van der Waals surface area contributed by atoms with Gasteiger partial charge in [-0.2, -0.15) is 5.10 Å². The predicted octanol–water partition coefficient (Wildman–Crippen LogP) is 1.77. The highest BCUT2D eigenvalue weighted by Crippen LogP contribution is 2.18. The number of fused-ring (bicyclic) bond motifs is 1. The van der Waals surface area contributed by atoms with Crippen molar-refractivity contribution in [1.29, 1.82) is 0 Å². The number of aromatic nitrogens is 2. The molecular formula is C20H28ClN5O. The molecule has 1 atom stereocenters. The SMILES string of the molecule is Cl.O=C(NCC1CCN(CCc2ccccc2)C1)c1n[nH]c2c1CNCC2. The first-order valence-corrected chi connectivity index (χ1v) is 9.61. The van der Waals surface area contributed by atoms with Gasteiger partial charge in [0.05, 0.1) is 0 Å². The highest BCUT2D eigenvalue weighted by molar-refractivity contribution is 5.94. The number of amides is 1. The molecule has 27 heavy (non-hydrogen) atoms. The van der Waals surface area contributed by atoms with E-state index in [1.165, 1.54) is 5.56 Å². The summed E-state index contributed by atoms with van der Waals surface area (Å²) in [7, 11) is 0. The van der Waals surface area contributed by atoms with E-state index in [2.05, 4.69) is 56.1 Å². The Morgan fingerprint density at radius 2 is 2.15 bits per heavy atom. The van der Waals surface area contributed by atoms with E-state index in [4.69, 9.17) is 0 Å². The summed E-state index contributed by atoms with van der Waals surface area (Å²) in [6, 6.07) is 10.6. The van der Waals surface area contributed by atoms with Crippen molar-refractivity contribution in [3.05, 3.63) is 52.8 Å². The zero-order valence-corrected chi connectivity index (χ0v) is 16.4. The molecule has 0 radical (unpaired) electrons. The van der Waals surface area contributed by atoms with Crippen LogP contribution in [-0.4, -0.2) is 53.7 Å². The van der Waals surface area contributed by atoms with Gasteiger partial charge in [-0.05, 0) is 30.9 Å². The molecule has 3 N–H and O–H groups in total. The van der Waals surface area contributed by atoms with Gasteiger partial charge in [0.25, 0.3) is 5.91 Å². The van der Waals surface area contributed by atoms with Gasteiger partial charge >= 0.3 is 0 Å². The molecule has 1 unspecified atom stereocenters. The number of aromatic amines is 1. The van der Waals surface area contributed by atoms with Crippen molar-refractivity contribution in [2.24, 2.45) is 5.92 Å². The Morgan fingerprint density at radius 1 is 1.30 bits per heavy atom. The maximum atomic E-state index is 12.5. The van der Waals surface area contributed by atoms with Gasteiger partial charge in [0, 0.05) is 50.4 Å². The molecule has 2 aromatic rings. The fourth-order valence-corrected chi connectivity index (χ4v) is 3.95.